The number of amides is 1. The molecule has 122 valence electrons. The van der Waals surface area contributed by atoms with E-state index in [1.165, 1.54) is 0 Å². The molecule has 21 heavy (non-hydrogen) atoms. The summed E-state index contributed by atoms with van der Waals surface area (Å²) in [5.41, 5.74) is 5.02. The lowest BCUT2D eigenvalue weighted by Gasteiger charge is -2.36. The minimum atomic E-state index is -0.700. The maximum Gasteiger partial charge on any atom is 0.240 e. The lowest BCUT2D eigenvalue weighted by atomic mass is 9.91. The molecule has 2 fully saturated rings. The summed E-state index contributed by atoms with van der Waals surface area (Å²) in [6, 6.07) is 0.208. The first kappa shape index (κ1) is 16.7. The number of nitrogens with two attached hydrogens (primary N) is 1. The van der Waals surface area contributed by atoms with Crippen LogP contribution in [0.2, 0.25) is 0 Å². The van der Waals surface area contributed by atoms with E-state index in [9.17, 15) is 4.79 Å². The number of rotatable bonds is 8. The zero-order valence-electron chi connectivity index (χ0n) is 13.6. The van der Waals surface area contributed by atoms with Crippen LogP contribution in [-0.4, -0.2) is 43.4 Å². The van der Waals surface area contributed by atoms with Gasteiger partial charge in [-0.25, -0.2) is 0 Å². The Bertz CT molecular complexity index is 357. The van der Waals surface area contributed by atoms with E-state index in [4.69, 9.17) is 15.2 Å². The molecule has 2 saturated carbocycles. The van der Waals surface area contributed by atoms with Crippen LogP contribution in [0.15, 0.2) is 0 Å². The van der Waals surface area contributed by atoms with E-state index in [0.29, 0.717) is 12.5 Å². The Morgan fingerprint density at radius 2 is 1.95 bits per heavy atom. The van der Waals surface area contributed by atoms with E-state index in [1.807, 2.05) is 13.8 Å². The fourth-order valence-electron chi connectivity index (χ4n) is 3.43. The van der Waals surface area contributed by atoms with Gasteiger partial charge >= 0.3 is 0 Å². The van der Waals surface area contributed by atoms with Crippen LogP contribution in [0.1, 0.15) is 52.4 Å². The zero-order chi connectivity index (χ0) is 15.5. The third kappa shape index (κ3) is 4.18. The summed E-state index contributed by atoms with van der Waals surface area (Å²) < 4.78 is 11.5. The van der Waals surface area contributed by atoms with Gasteiger partial charge in [0.15, 0.2) is 0 Å². The van der Waals surface area contributed by atoms with Gasteiger partial charge in [0.1, 0.15) is 5.54 Å². The minimum absolute atomic E-state index is 0.176. The molecular formula is C16H30N2O3. The first-order valence-corrected chi connectivity index (χ1v) is 8.20. The standard InChI is InChI=1S/C16H30N2O3/c1-11(2)18-16(15(17)19,12-7-8-12)10-21-14-6-4-5-13(9-14)20-3/h11-14,18H,4-10H2,1-3H3,(H2,17,19). The van der Waals surface area contributed by atoms with E-state index in [0.717, 1.165) is 38.5 Å². The monoisotopic (exact) mass is 298 g/mol. The van der Waals surface area contributed by atoms with Crippen LogP contribution < -0.4 is 11.1 Å². The molecule has 0 aliphatic heterocycles. The average Bonchev–Trinajstić information content (AvgIpc) is 3.28. The van der Waals surface area contributed by atoms with Crippen molar-refractivity contribution in [2.45, 2.75) is 76.2 Å². The molecule has 0 heterocycles. The van der Waals surface area contributed by atoms with Crippen LogP contribution in [-0.2, 0) is 14.3 Å². The van der Waals surface area contributed by atoms with E-state index < -0.39 is 5.54 Å². The van der Waals surface area contributed by atoms with Crippen molar-refractivity contribution in [3.8, 4) is 0 Å². The minimum Gasteiger partial charge on any atom is -0.381 e. The molecule has 0 aromatic carbocycles. The summed E-state index contributed by atoms with van der Waals surface area (Å²) in [5, 5.41) is 3.39. The summed E-state index contributed by atoms with van der Waals surface area (Å²) >= 11 is 0. The van der Waals surface area contributed by atoms with E-state index in [2.05, 4.69) is 5.32 Å². The van der Waals surface area contributed by atoms with Crippen LogP contribution in [0.25, 0.3) is 0 Å². The second-order valence-electron chi connectivity index (χ2n) is 6.87. The van der Waals surface area contributed by atoms with Gasteiger partial charge in [-0.3, -0.25) is 10.1 Å². The molecule has 2 aliphatic carbocycles. The van der Waals surface area contributed by atoms with Crippen molar-refractivity contribution in [3.05, 3.63) is 0 Å². The number of ether oxygens (including phenoxy) is 2. The number of carbonyl (C=O) groups excluding carboxylic acids is 1. The largest absolute Gasteiger partial charge is 0.381 e. The quantitative estimate of drug-likeness (QED) is 0.714. The number of primary amides is 1. The Balaban J connectivity index is 1.96. The summed E-state index contributed by atoms with van der Waals surface area (Å²) in [6.07, 6.45) is 6.74. The molecular weight excluding hydrogens is 268 g/mol. The van der Waals surface area contributed by atoms with Crippen molar-refractivity contribution in [1.82, 2.24) is 5.32 Å². The number of carbonyl (C=O) groups is 1. The molecule has 0 aromatic heterocycles. The molecule has 5 heteroatoms. The SMILES string of the molecule is COC1CCCC(OCC(NC(C)C)(C(N)=O)C2CC2)C1. The molecule has 3 unspecified atom stereocenters. The first-order valence-electron chi connectivity index (χ1n) is 8.20. The Kier molecular flexibility index (Phi) is 5.63. The molecule has 0 spiro atoms. The van der Waals surface area contributed by atoms with Crippen LogP contribution in [0, 0.1) is 5.92 Å². The highest BCUT2D eigenvalue weighted by Gasteiger charge is 2.50. The van der Waals surface area contributed by atoms with Crippen LogP contribution in [0.4, 0.5) is 0 Å². The van der Waals surface area contributed by atoms with Crippen molar-refractivity contribution in [3.63, 3.8) is 0 Å². The van der Waals surface area contributed by atoms with Gasteiger partial charge in [0.25, 0.3) is 0 Å². The number of hydrogen-bond acceptors (Lipinski definition) is 4. The van der Waals surface area contributed by atoms with Gasteiger partial charge in [-0.05, 0) is 58.3 Å². The van der Waals surface area contributed by atoms with Crippen LogP contribution in [0.5, 0.6) is 0 Å². The fraction of sp³-hybridized carbons (Fsp3) is 0.938. The lowest BCUT2D eigenvalue weighted by Crippen LogP contribution is -2.62. The van der Waals surface area contributed by atoms with Crippen LogP contribution >= 0.6 is 0 Å². The van der Waals surface area contributed by atoms with Crippen molar-refractivity contribution < 1.29 is 14.3 Å². The summed E-state index contributed by atoms with van der Waals surface area (Å²) in [6.45, 7) is 4.47. The van der Waals surface area contributed by atoms with Gasteiger partial charge in [-0.1, -0.05) is 0 Å². The van der Waals surface area contributed by atoms with E-state index in [-0.39, 0.29) is 24.2 Å². The van der Waals surface area contributed by atoms with Gasteiger partial charge in [0.05, 0.1) is 18.8 Å². The lowest BCUT2D eigenvalue weighted by molar-refractivity contribution is -0.131. The number of nitrogens with one attached hydrogen (secondary N) is 1. The van der Waals surface area contributed by atoms with Gasteiger partial charge in [-0.15, -0.1) is 0 Å². The molecule has 3 atom stereocenters. The summed E-state index contributed by atoms with van der Waals surface area (Å²) in [4.78, 5) is 12.1. The Labute approximate surface area is 127 Å². The molecule has 0 aromatic rings. The highest BCUT2D eigenvalue weighted by atomic mass is 16.5. The second kappa shape index (κ2) is 7.07. The molecule has 0 radical (unpaired) electrons. The molecule has 0 bridgehead atoms. The smallest absolute Gasteiger partial charge is 0.240 e. The molecule has 1 amide bonds. The second-order valence-corrected chi connectivity index (χ2v) is 6.87. The molecule has 2 aliphatic rings. The average molecular weight is 298 g/mol. The third-order valence-corrected chi connectivity index (χ3v) is 4.72. The maximum atomic E-state index is 12.1. The molecule has 3 N–H and O–H groups in total. The van der Waals surface area contributed by atoms with Gasteiger partial charge in [0.2, 0.25) is 5.91 Å². The Morgan fingerprint density at radius 1 is 1.29 bits per heavy atom. The van der Waals surface area contributed by atoms with Crippen molar-refractivity contribution in [2.24, 2.45) is 11.7 Å². The summed E-state index contributed by atoms with van der Waals surface area (Å²) in [5.74, 6) is 0.0389. The van der Waals surface area contributed by atoms with Crippen LogP contribution in [0.3, 0.4) is 0 Å². The van der Waals surface area contributed by atoms with Crippen molar-refractivity contribution in [2.75, 3.05) is 13.7 Å². The van der Waals surface area contributed by atoms with E-state index in [1.54, 1.807) is 7.11 Å². The summed E-state index contributed by atoms with van der Waals surface area (Å²) in [7, 11) is 1.76. The molecule has 0 saturated heterocycles. The predicted molar refractivity (Wildman–Crippen MR) is 81.9 cm³/mol. The Hall–Kier alpha value is -0.650. The van der Waals surface area contributed by atoms with Crippen molar-refractivity contribution in [1.29, 1.82) is 0 Å². The van der Waals surface area contributed by atoms with Crippen molar-refractivity contribution >= 4 is 5.91 Å². The van der Waals surface area contributed by atoms with Gasteiger partial charge < -0.3 is 15.2 Å². The normalized spacial score (nSPS) is 29.3. The number of hydrogen-bond donors (Lipinski definition) is 2. The fourth-order valence-corrected chi connectivity index (χ4v) is 3.43. The van der Waals surface area contributed by atoms with Gasteiger partial charge in [-0.2, -0.15) is 0 Å². The van der Waals surface area contributed by atoms with Gasteiger partial charge in [0, 0.05) is 13.2 Å². The first-order chi connectivity index (χ1) is 9.98. The molecule has 5 nitrogen and oxygen atoms in total. The predicted octanol–water partition coefficient (Wildman–Crippen LogP) is 1.59. The maximum absolute atomic E-state index is 12.1. The number of methoxy groups -OCH3 is 1. The highest BCUT2D eigenvalue weighted by Crippen LogP contribution is 2.40. The third-order valence-electron chi connectivity index (χ3n) is 4.72. The highest BCUT2D eigenvalue weighted by molar-refractivity contribution is 5.85. The topological polar surface area (TPSA) is 73.6 Å². The van der Waals surface area contributed by atoms with E-state index >= 15 is 0 Å². The molecule has 2 rings (SSSR count). The Morgan fingerprint density at radius 3 is 2.48 bits per heavy atom. The zero-order valence-corrected chi connectivity index (χ0v) is 13.6.